The van der Waals surface area contributed by atoms with Crippen molar-refractivity contribution in [3.63, 3.8) is 0 Å². The van der Waals surface area contributed by atoms with Crippen molar-refractivity contribution in [1.82, 2.24) is 19.9 Å². The van der Waals surface area contributed by atoms with Crippen LogP contribution in [0.4, 0.5) is 0 Å². The van der Waals surface area contributed by atoms with Gasteiger partial charge in [-0.15, -0.1) is 0 Å². The first kappa shape index (κ1) is 13.1. The molecular weight excluding hydrogens is 296 g/mol. The van der Waals surface area contributed by atoms with Gasteiger partial charge in [0, 0.05) is 21.4 Å². The second kappa shape index (κ2) is 5.06. The minimum Gasteiger partial charge on any atom is -0.354 e. The predicted molar refractivity (Wildman–Crippen MR) is 94.9 cm³/mol. The lowest BCUT2D eigenvalue weighted by atomic mass is 10.4. The Labute approximate surface area is 136 Å². The van der Waals surface area contributed by atoms with E-state index in [2.05, 4.69) is 92.8 Å². The molecular formula is C20H16N4. The van der Waals surface area contributed by atoms with Crippen molar-refractivity contribution < 1.29 is 0 Å². The van der Waals surface area contributed by atoms with Gasteiger partial charge >= 0.3 is 0 Å². The Morgan fingerprint density at radius 2 is 0.583 bits per heavy atom. The van der Waals surface area contributed by atoms with E-state index in [0.717, 1.165) is 42.8 Å². The van der Waals surface area contributed by atoms with Crippen molar-refractivity contribution in [2.75, 3.05) is 0 Å². The van der Waals surface area contributed by atoms with E-state index < -0.39 is 0 Å². The largest absolute Gasteiger partial charge is 0.354 e. The molecule has 4 aromatic rings. The fraction of sp³-hybridized carbons (Fsp3) is 0. The van der Waals surface area contributed by atoms with E-state index in [1.54, 1.807) is 0 Å². The topological polar surface area (TPSA) is 63.2 Å². The van der Waals surface area contributed by atoms with Crippen molar-refractivity contribution in [3.8, 4) is 0 Å². The Morgan fingerprint density at radius 3 is 0.833 bits per heavy atom. The molecule has 0 radical (unpaired) electrons. The fourth-order valence-corrected chi connectivity index (χ4v) is 3.02. The molecule has 0 unspecified atom stereocenters. The summed E-state index contributed by atoms with van der Waals surface area (Å²) in [7, 11) is 0. The maximum atomic E-state index is 3.43. The van der Waals surface area contributed by atoms with Gasteiger partial charge in [-0.1, -0.05) is 0 Å². The molecule has 4 aromatic heterocycles. The van der Waals surface area contributed by atoms with Crippen molar-refractivity contribution in [3.05, 3.63) is 91.3 Å². The summed E-state index contributed by atoms with van der Waals surface area (Å²) in [4.78, 5) is 13.7. The second-order valence-electron chi connectivity index (χ2n) is 5.98. The molecule has 5 rings (SSSR count). The highest BCUT2D eigenvalue weighted by molar-refractivity contribution is 5.59. The van der Waals surface area contributed by atoms with Crippen LogP contribution in [0.2, 0.25) is 0 Å². The number of nitrogens with one attached hydrogen (secondary N) is 4. The van der Waals surface area contributed by atoms with Gasteiger partial charge in [0.25, 0.3) is 0 Å². The van der Waals surface area contributed by atoms with Gasteiger partial charge in [0.1, 0.15) is 0 Å². The fourth-order valence-electron chi connectivity index (χ4n) is 3.02. The maximum Gasteiger partial charge on any atom is 0.0624 e. The normalized spacial score (nSPS) is 18.5. The summed E-state index contributed by atoms with van der Waals surface area (Å²) in [5.74, 6) is 0. The molecule has 0 aliphatic carbocycles. The van der Waals surface area contributed by atoms with Gasteiger partial charge in [0.15, 0.2) is 0 Å². The second-order valence-corrected chi connectivity index (χ2v) is 5.98. The van der Waals surface area contributed by atoms with E-state index in [-0.39, 0.29) is 0 Å². The van der Waals surface area contributed by atoms with Gasteiger partial charge in [-0.25, -0.2) is 0 Å². The minimum atomic E-state index is 1.07. The highest BCUT2D eigenvalue weighted by Crippen LogP contribution is 1.89. The van der Waals surface area contributed by atoms with Gasteiger partial charge in [-0.05, 0) is 72.8 Å². The minimum absolute atomic E-state index is 1.07. The summed E-state index contributed by atoms with van der Waals surface area (Å²) >= 11 is 0. The average molecular weight is 312 g/mol. The molecule has 5 heterocycles. The van der Waals surface area contributed by atoms with Crippen molar-refractivity contribution in [2.45, 2.75) is 0 Å². The first-order valence-electron chi connectivity index (χ1n) is 7.96. The summed E-state index contributed by atoms with van der Waals surface area (Å²) in [5.41, 5.74) is 0. The average Bonchev–Trinajstić information content (AvgIpc) is 3.37. The third-order valence-electron chi connectivity index (χ3n) is 4.30. The Kier molecular flexibility index (Phi) is 2.76. The predicted octanol–water partition coefficient (Wildman–Crippen LogP) is 0.409. The maximum absolute atomic E-state index is 3.43. The van der Waals surface area contributed by atoms with Gasteiger partial charge in [0.05, 0.1) is 21.4 Å². The molecule has 8 bridgehead atoms. The lowest BCUT2D eigenvalue weighted by Gasteiger charge is -1.80. The molecule has 0 atom stereocenters. The molecule has 1 aliphatic rings. The Balaban J connectivity index is 1.96. The SMILES string of the molecule is C1=c2cc/c([nH]2)=c2\cc/c([nH]2)=C/C=c2cc/c([nH]2)=c2\cc/c([nH]2)=C/1. The van der Waals surface area contributed by atoms with E-state index in [9.17, 15) is 0 Å². The molecule has 0 saturated carbocycles. The molecule has 4 nitrogen and oxygen atoms in total. The van der Waals surface area contributed by atoms with Crippen LogP contribution in [0.3, 0.4) is 0 Å². The van der Waals surface area contributed by atoms with Gasteiger partial charge in [-0.3, -0.25) is 0 Å². The van der Waals surface area contributed by atoms with E-state index in [1.165, 1.54) is 0 Å². The lowest BCUT2D eigenvalue weighted by Crippen LogP contribution is -2.04. The van der Waals surface area contributed by atoms with E-state index in [4.69, 9.17) is 0 Å². The lowest BCUT2D eigenvalue weighted by molar-refractivity contribution is 1.17. The van der Waals surface area contributed by atoms with E-state index in [1.807, 2.05) is 0 Å². The van der Waals surface area contributed by atoms with E-state index in [0.29, 0.717) is 0 Å². The summed E-state index contributed by atoms with van der Waals surface area (Å²) in [6.07, 6.45) is 8.31. The smallest absolute Gasteiger partial charge is 0.0624 e. The van der Waals surface area contributed by atoms with Gasteiger partial charge in [0.2, 0.25) is 0 Å². The highest BCUT2D eigenvalue weighted by Gasteiger charge is 1.90. The number of aromatic nitrogens is 4. The molecule has 116 valence electrons. The van der Waals surface area contributed by atoms with Crippen LogP contribution in [-0.4, -0.2) is 19.9 Å². The number of aromatic amines is 4. The van der Waals surface area contributed by atoms with Crippen molar-refractivity contribution in [2.24, 2.45) is 0 Å². The summed E-state index contributed by atoms with van der Waals surface area (Å²) < 4.78 is 0. The first-order chi connectivity index (χ1) is 11.8. The number of rotatable bonds is 0. The first-order valence-corrected chi connectivity index (χ1v) is 7.96. The van der Waals surface area contributed by atoms with Gasteiger partial charge in [-0.2, -0.15) is 0 Å². The highest BCUT2D eigenvalue weighted by atomic mass is 14.7. The zero-order valence-electron chi connectivity index (χ0n) is 12.9. The van der Waals surface area contributed by atoms with Crippen LogP contribution in [0.15, 0.2) is 48.5 Å². The molecule has 0 saturated heterocycles. The number of hydrogen-bond donors (Lipinski definition) is 4. The van der Waals surface area contributed by atoms with Crippen LogP contribution in [0.1, 0.15) is 0 Å². The summed E-state index contributed by atoms with van der Waals surface area (Å²) in [6.45, 7) is 0. The Bertz CT molecular complexity index is 1230. The zero-order valence-corrected chi connectivity index (χ0v) is 12.9. The monoisotopic (exact) mass is 312 g/mol. The van der Waals surface area contributed by atoms with Crippen LogP contribution in [0.5, 0.6) is 0 Å². The molecule has 0 fully saturated rings. The standard InChI is InChI=1S/C20H16N4/c1-2-14-6-10-19(22-14)20-12-8-16(24-20)4-3-15-7-11-18(23-15)17-9-5-13(1)21-17/h1-12,21-24H/b2-1?,4-3?,13-1-,14-2?,15-3?,16-4-,18-17-,20-19-. The van der Waals surface area contributed by atoms with Crippen LogP contribution in [-0.2, 0) is 0 Å². The van der Waals surface area contributed by atoms with Crippen LogP contribution < -0.4 is 21.4 Å². The Morgan fingerprint density at radius 1 is 0.333 bits per heavy atom. The van der Waals surface area contributed by atoms with Crippen LogP contribution >= 0.6 is 0 Å². The summed E-state index contributed by atoms with van der Waals surface area (Å²) in [5, 5.41) is 8.60. The van der Waals surface area contributed by atoms with Crippen molar-refractivity contribution >= 4 is 24.3 Å². The Hall–Kier alpha value is -3.40. The molecule has 4 heteroatoms. The third-order valence-corrected chi connectivity index (χ3v) is 4.30. The zero-order chi connectivity index (χ0) is 15.9. The van der Waals surface area contributed by atoms with Crippen LogP contribution in [0, 0.1) is 21.4 Å². The molecule has 0 aromatic carbocycles. The molecule has 0 spiro atoms. The quantitative estimate of drug-likeness (QED) is 0.363. The van der Waals surface area contributed by atoms with Crippen molar-refractivity contribution in [1.29, 1.82) is 0 Å². The number of H-pyrrole nitrogens is 4. The molecule has 1 aliphatic heterocycles. The van der Waals surface area contributed by atoms with E-state index >= 15 is 0 Å². The molecule has 4 N–H and O–H groups in total. The van der Waals surface area contributed by atoms with Gasteiger partial charge < -0.3 is 19.9 Å². The number of fused-ring (bicyclic) bond motifs is 8. The van der Waals surface area contributed by atoms with Crippen LogP contribution in [0.25, 0.3) is 24.3 Å². The third kappa shape index (κ3) is 2.25. The number of hydrogen-bond acceptors (Lipinski definition) is 0. The molecule has 0 amide bonds. The summed E-state index contributed by atoms with van der Waals surface area (Å²) in [6, 6.07) is 16.7. The molecule has 24 heavy (non-hydrogen) atoms.